The van der Waals surface area contributed by atoms with Crippen LogP contribution in [0.1, 0.15) is 37.7 Å². The summed E-state index contributed by atoms with van der Waals surface area (Å²) in [4.78, 5) is 0. The molecule has 1 fully saturated rings. The molecule has 0 aliphatic heterocycles. The Hall–Kier alpha value is -1.02. The summed E-state index contributed by atoms with van der Waals surface area (Å²) in [6, 6.07) is 7.98. The molecule has 0 heterocycles. The van der Waals surface area contributed by atoms with Crippen molar-refractivity contribution in [3.05, 3.63) is 29.8 Å². The molecule has 17 heavy (non-hydrogen) atoms. The maximum Gasteiger partial charge on any atom is 0.122 e. The molecule has 0 saturated heterocycles. The van der Waals surface area contributed by atoms with E-state index in [1.54, 1.807) is 7.11 Å². The standard InChI is InChI=1S/C15H22O2/c1-17-15-10-6-5-9-13(15)11-14(16)12-7-3-2-4-8-12/h5-6,9-10,12,14,16H,2-4,7-8,11H2,1H3. The van der Waals surface area contributed by atoms with Crippen molar-refractivity contribution < 1.29 is 9.84 Å². The van der Waals surface area contributed by atoms with Gasteiger partial charge in [-0.15, -0.1) is 0 Å². The van der Waals surface area contributed by atoms with Gasteiger partial charge in [-0.25, -0.2) is 0 Å². The van der Waals surface area contributed by atoms with E-state index in [1.807, 2.05) is 24.3 Å². The molecule has 94 valence electrons. The minimum atomic E-state index is -0.216. The van der Waals surface area contributed by atoms with Crippen molar-refractivity contribution in [2.75, 3.05) is 7.11 Å². The molecule has 1 atom stereocenters. The molecular formula is C15H22O2. The van der Waals surface area contributed by atoms with Crippen LogP contribution >= 0.6 is 0 Å². The van der Waals surface area contributed by atoms with Crippen molar-refractivity contribution in [2.24, 2.45) is 5.92 Å². The molecule has 1 aliphatic carbocycles. The Morgan fingerprint density at radius 2 is 1.94 bits per heavy atom. The number of benzene rings is 1. The van der Waals surface area contributed by atoms with Crippen LogP contribution in [0.5, 0.6) is 5.75 Å². The minimum Gasteiger partial charge on any atom is -0.496 e. The Morgan fingerprint density at radius 1 is 1.24 bits per heavy atom. The summed E-state index contributed by atoms with van der Waals surface area (Å²) in [5.41, 5.74) is 1.12. The molecule has 0 bridgehead atoms. The fourth-order valence-electron chi connectivity index (χ4n) is 2.78. The van der Waals surface area contributed by atoms with E-state index in [2.05, 4.69) is 0 Å². The van der Waals surface area contributed by atoms with Gasteiger partial charge in [0.05, 0.1) is 13.2 Å². The highest BCUT2D eigenvalue weighted by Gasteiger charge is 2.22. The van der Waals surface area contributed by atoms with Crippen molar-refractivity contribution >= 4 is 0 Å². The van der Waals surface area contributed by atoms with Crippen LogP contribution in [-0.2, 0) is 6.42 Å². The van der Waals surface area contributed by atoms with Crippen molar-refractivity contribution in [3.63, 3.8) is 0 Å². The van der Waals surface area contributed by atoms with Gasteiger partial charge in [0.25, 0.3) is 0 Å². The van der Waals surface area contributed by atoms with Crippen LogP contribution in [0, 0.1) is 5.92 Å². The van der Waals surface area contributed by atoms with Crippen LogP contribution in [0.2, 0.25) is 0 Å². The predicted octanol–water partition coefficient (Wildman–Crippen LogP) is 3.18. The third-order valence-corrected chi connectivity index (χ3v) is 3.82. The molecule has 0 amide bonds. The van der Waals surface area contributed by atoms with Gasteiger partial charge >= 0.3 is 0 Å². The maximum absolute atomic E-state index is 10.3. The molecule has 1 saturated carbocycles. The van der Waals surface area contributed by atoms with Crippen LogP contribution in [0.25, 0.3) is 0 Å². The van der Waals surface area contributed by atoms with Crippen LogP contribution in [0.15, 0.2) is 24.3 Å². The normalized spacial score (nSPS) is 18.9. The number of ether oxygens (including phenoxy) is 1. The first-order chi connectivity index (χ1) is 8.31. The third kappa shape index (κ3) is 3.22. The van der Waals surface area contributed by atoms with Gasteiger partial charge in [0.1, 0.15) is 5.75 Å². The van der Waals surface area contributed by atoms with E-state index in [1.165, 1.54) is 32.1 Å². The van der Waals surface area contributed by atoms with Crippen LogP contribution < -0.4 is 4.74 Å². The quantitative estimate of drug-likeness (QED) is 0.867. The van der Waals surface area contributed by atoms with Crippen molar-refractivity contribution in [3.8, 4) is 5.75 Å². The topological polar surface area (TPSA) is 29.5 Å². The first-order valence-electron chi connectivity index (χ1n) is 6.61. The van der Waals surface area contributed by atoms with Crippen LogP contribution in [0.4, 0.5) is 0 Å². The van der Waals surface area contributed by atoms with E-state index in [4.69, 9.17) is 4.74 Å². The summed E-state index contributed by atoms with van der Waals surface area (Å²) in [6.07, 6.45) is 6.73. The number of hydrogen-bond acceptors (Lipinski definition) is 2. The van der Waals surface area contributed by atoms with Gasteiger partial charge in [-0.05, 0) is 30.4 Å². The monoisotopic (exact) mass is 234 g/mol. The smallest absolute Gasteiger partial charge is 0.122 e. The second-order valence-corrected chi connectivity index (χ2v) is 4.98. The highest BCUT2D eigenvalue weighted by atomic mass is 16.5. The first-order valence-corrected chi connectivity index (χ1v) is 6.61. The maximum atomic E-state index is 10.3. The van der Waals surface area contributed by atoms with Gasteiger partial charge in [-0.1, -0.05) is 37.5 Å². The third-order valence-electron chi connectivity index (χ3n) is 3.82. The molecule has 0 radical (unpaired) electrons. The second-order valence-electron chi connectivity index (χ2n) is 4.98. The number of hydrogen-bond donors (Lipinski definition) is 1. The highest BCUT2D eigenvalue weighted by Crippen LogP contribution is 2.29. The van der Waals surface area contributed by atoms with E-state index in [-0.39, 0.29) is 6.10 Å². The van der Waals surface area contributed by atoms with E-state index in [0.29, 0.717) is 12.3 Å². The zero-order chi connectivity index (χ0) is 12.1. The lowest BCUT2D eigenvalue weighted by Crippen LogP contribution is -2.25. The second kappa shape index (κ2) is 6.06. The fraction of sp³-hybridized carbons (Fsp3) is 0.600. The van der Waals surface area contributed by atoms with E-state index in [0.717, 1.165) is 11.3 Å². The Labute approximate surface area is 104 Å². The zero-order valence-electron chi connectivity index (χ0n) is 10.6. The van der Waals surface area contributed by atoms with Gasteiger partial charge in [0.2, 0.25) is 0 Å². The lowest BCUT2D eigenvalue weighted by molar-refractivity contribution is 0.0845. The van der Waals surface area contributed by atoms with Gasteiger partial charge < -0.3 is 9.84 Å². The molecule has 2 nitrogen and oxygen atoms in total. The average Bonchev–Trinajstić information content (AvgIpc) is 2.40. The van der Waals surface area contributed by atoms with Crippen molar-refractivity contribution in [2.45, 2.75) is 44.6 Å². The van der Waals surface area contributed by atoms with Crippen molar-refractivity contribution in [1.82, 2.24) is 0 Å². The van der Waals surface area contributed by atoms with Gasteiger partial charge in [0, 0.05) is 6.42 Å². The summed E-state index contributed by atoms with van der Waals surface area (Å²) in [5, 5.41) is 10.3. The molecule has 0 spiro atoms. The lowest BCUT2D eigenvalue weighted by atomic mass is 9.83. The summed E-state index contributed by atoms with van der Waals surface area (Å²) < 4.78 is 5.32. The summed E-state index contributed by atoms with van der Waals surface area (Å²) in [5.74, 6) is 1.37. The Bertz CT molecular complexity index is 343. The van der Waals surface area contributed by atoms with Crippen LogP contribution in [-0.4, -0.2) is 18.3 Å². The molecule has 2 heteroatoms. The zero-order valence-corrected chi connectivity index (χ0v) is 10.6. The van der Waals surface area contributed by atoms with Gasteiger partial charge in [0.15, 0.2) is 0 Å². The summed E-state index contributed by atoms with van der Waals surface area (Å²) in [7, 11) is 1.69. The van der Waals surface area contributed by atoms with Crippen molar-refractivity contribution in [1.29, 1.82) is 0 Å². The van der Waals surface area contributed by atoms with E-state index in [9.17, 15) is 5.11 Å². The van der Waals surface area contributed by atoms with Gasteiger partial charge in [-0.3, -0.25) is 0 Å². The molecule has 1 aromatic rings. The Kier molecular flexibility index (Phi) is 4.43. The minimum absolute atomic E-state index is 0.216. The highest BCUT2D eigenvalue weighted by molar-refractivity contribution is 5.33. The summed E-state index contributed by atoms with van der Waals surface area (Å²) in [6.45, 7) is 0. The first kappa shape index (κ1) is 12.4. The number of rotatable bonds is 4. The Balaban J connectivity index is 1.99. The van der Waals surface area contributed by atoms with E-state index < -0.39 is 0 Å². The molecule has 2 rings (SSSR count). The predicted molar refractivity (Wildman–Crippen MR) is 69.3 cm³/mol. The van der Waals surface area contributed by atoms with Gasteiger partial charge in [-0.2, -0.15) is 0 Å². The lowest BCUT2D eigenvalue weighted by Gasteiger charge is -2.27. The molecule has 1 aliphatic rings. The van der Waals surface area contributed by atoms with E-state index >= 15 is 0 Å². The largest absolute Gasteiger partial charge is 0.496 e. The Morgan fingerprint density at radius 3 is 2.65 bits per heavy atom. The average molecular weight is 234 g/mol. The molecule has 0 aromatic heterocycles. The SMILES string of the molecule is COc1ccccc1CC(O)C1CCCCC1. The fourth-order valence-corrected chi connectivity index (χ4v) is 2.78. The van der Waals surface area contributed by atoms with Crippen LogP contribution in [0.3, 0.4) is 0 Å². The number of methoxy groups -OCH3 is 1. The molecule has 1 N–H and O–H groups in total. The number of aliphatic hydroxyl groups is 1. The summed E-state index contributed by atoms with van der Waals surface area (Å²) >= 11 is 0. The number of aliphatic hydroxyl groups excluding tert-OH is 1. The molecule has 1 unspecified atom stereocenters. The molecule has 1 aromatic carbocycles. The molecular weight excluding hydrogens is 212 g/mol. The number of para-hydroxylation sites is 1.